The SMILES string of the molecule is CCCCO.CCOc1nn2c(=N)n(CC(=O)c3cc(C)c(CC)c(C(C)(C)C)c3)nc2c(CC)c1C. The third-order valence-corrected chi connectivity index (χ3v) is 6.49. The van der Waals surface area contributed by atoms with Crippen molar-refractivity contribution >= 4 is 11.4 Å². The fraction of sp³-hybridized carbons (Fsp3) is 0.586. The highest BCUT2D eigenvalue weighted by Gasteiger charge is 2.22. The van der Waals surface area contributed by atoms with E-state index in [1.807, 2.05) is 32.9 Å². The van der Waals surface area contributed by atoms with Crippen LogP contribution >= 0.6 is 0 Å². The Morgan fingerprint density at radius 1 is 1.05 bits per heavy atom. The van der Waals surface area contributed by atoms with Gasteiger partial charge in [0.2, 0.25) is 11.5 Å². The van der Waals surface area contributed by atoms with Crippen molar-refractivity contribution in [2.24, 2.45) is 0 Å². The van der Waals surface area contributed by atoms with Gasteiger partial charge >= 0.3 is 0 Å². The number of rotatable bonds is 9. The molecule has 0 atom stereocenters. The van der Waals surface area contributed by atoms with Gasteiger partial charge in [0.1, 0.15) is 6.54 Å². The second-order valence-corrected chi connectivity index (χ2v) is 10.3. The van der Waals surface area contributed by atoms with Crippen molar-refractivity contribution < 1.29 is 14.6 Å². The molecule has 0 amide bonds. The molecule has 2 heterocycles. The lowest BCUT2D eigenvalue weighted by atomic mass is 9.80. The van der Waals surface area contributed by atoms with Crippen LogP contribution in [-0.4, -0.2) is 43.5 Å². The number of nitrogens with one attached hydrogen (secondary N) is 1. The first-order valence-electron chi connectivity index (χ1n) is 13.4. The maximum Gasteiger partial charge on any atom is 0.242 e. The van der Waals surface area contributed by atoms with Crippen molar-refractivity contribution in [2.45, 2.75) is 100.0 Å². The molecule has 2 N–H and O–H groups in total. The first-order chi connectivity index (χ1) is 17.4. The fourth-order valence-electron chi connectivity index (χ4n) is 4.47. The minimum Gasteiger partial charge on any atom is -0.477 e. The Balaban J connectivity index is 0.000000877. The summed E-state index contributed by atoms with van der Waals surface area (Å²) < 4.78 is 8.56. The molecule has 0 radical (unpaired) electrons. The van der Waals surface area contributed by atoms with Crippen molar-refractivity contribution in [2.75, 3.05) is 13.2 Å². The number of nitrogens with zero attached hydrogens (tertiary/aromatic N) is 4. The summed E-state index contributed by atoms with van der Waals surface area (Å²) in [5.74, 6) is 0.435. The quantitative estimate of drug-likeness (QED) is 0.388. The second kappa shape index (κ2) is 13.0. The molecule has 1 aromatic carbocycles. The molecule has 0 aliphatic heterocycles. The Kier molecular flexibility index (Phi) is 10.6. The van der Waals surface area contributed by atoms with Gasteiger partial charge < -0.3 is 9.84 Å². The van der Waals surface area contributed by atoms with Gasteiger partial charge in [0.05, 0.1) is 6.61 Å². The van der Waals surface area contributed by atoms with Gasteiger partial charge in [-0.15, -0.1) is 10.2 Å². The number of benzene rings is 1. The average Bonchev–Trinajstić information content (AvgIpc) is 3.14. The predicted octanol–water partition coefficient (Wildman–Crippen LogP) is 5.11. The third-order valence-electron chi connectivity index (χ3n) is 6.49. The molecule has 0 bridgehead atoms. The molecular formula is C29H45N5O3. The average molecular weight is 512 g/mol. The van der Waals surface area contributed by atoms with E-state index in [0.717, 1.165) is 42.4 Å². The number of Topliss-reactive ketones (excluding diaryl/α,β-unsaturated/α-hetero) is 1. The van der Waals surface area contributed by atoms with Gasteiger partial charge in [0, 0.05) is 23.3 Å². The second-order valence-electron chi connectivity index (χ2n) is 10.3. The molecule has 0 spiro atoms. The lowest BCUT2D eigenvalue weighted by molar-refractivity contribution is 0.0965. The molecule has 2 aromatic heterocycles. The standard InChI is InChI=1S/C25H35N5O2.C4H10O/c1-9-18-15(4)12-17(13-20(18)25(6,7)8)21(31)14-29-24(26)30-22(27-29)19(10-2)16(5)23(28-30)32-11-3;1-2-3-4-5/h12-13,26H,9-11,14H2,1-8H3;5H,2-4H2,1H3. The lowest BCUT2D eigenvalue weighted by Gasteiger charge is -2.25. The normalized spacial score (nSPS) is 11.4. The Labute approximate surface area is 221 Å². The van der Waals surface area contributed by atoms with Crippen LogP contribution in [0.3, 0.4) is 0 Å². The molecule has 3 aromatic rings. The Hall–Kier alpha value is -3.00. The maximum absolute atomic E-state index is 13.3. The number of ether oxygens (including phenoxy) is 1. The number of unbranched alkanes of at least 4 members (excludes halogenated alkanes) is 1. The zero-order chi connectivity index (χ0) is 27.9. The number of aliphatic hydroxyl groups excluding tert-OH is 1. The van der Waals surface area contributed by atoms with Crippen LogP contribution in [0.15, 0.2) is 12.1 Å². The number of aryl methyl sites for hydroxylation is 2. The number of aliphatic hydroxyl groups is 1. The van der Waals surface area contributed by atoms with Gasteiger partial charge in [-0.05, 0) is 74.3 Å². The van der Waals surface area contributed by atoms with Crippen molar-refractivity contribution in [1.82, 2.24) is 19.4 Å². The number of aromatic nitrogens is 4. The van der Waals surface area contributed by atoms with Crippen LogP contribution < -0.4 is 10.4 Å². The van der Waals surface area contributed by atoms with Gasteiger partial charge in [-0.3, -0.25) is 10.2 Å². The van der Waals surface area contributed by atoms with Crippen LogP contribution in [0.25, 0.3) is 5.65 Å². The maximum atomic E-state index is 13.3. The van der Waals surface area contributed by atoms with Gasteiger partial charge in [-0.25, -0.2) is 4.68 Å². The first kappa shape index (κ1) is 30.2. The molecule has 3 rings (SSSR count). The van der Waals surface area contributed by atoms with Crippen LogP contribution in [0.2, 0.25) is 0 Å². The summed E-state index contributed by atoms with van der Waals surface area (Å²) in [6, 6.07) is 3.98. The van der Waals surface area contributed by atoms with E-state index >= 15 is 0 Å². The molecule has 204 valence electrons. The highest BCUT2D eigenvalue weighted by Crippen LogP contribution is 2.30. The number of ketones is 1. The van der Waals surface area contributed by atoms with Crippen molar-refractivity contribution in [1.29, 1.82) is 5.41 Å². The van der Waals surface area contributed by atoms with Crippen LogP contribution in [0, 0.1) is 19.3 Å². The van der Waals surface area contributed by atoms with Gasteiger partial charge in [-0.2, -0.15) is 4.52 Å². The summed E-state index contributed by atoms with van der Waals surface area (Å²) in [4.78, 5) is 13.3. The van der Waals surface area contributed by atoms with E-state index < -0.39 is 0 Å². The molecule has 0 aliphatic carbocycles. The van der Waals surface area contributed by atoms with E-state index in [0.29, 0.717) is 30.3 Å². The highest BCUT2D eigenvalue weighted by molar-refractivity contribution is 5.96. The summed E-state index contributed by atoms with van der Waals surface area (Å²) >= 11 is 0. The molecular weight excluding hydrogens is 466 g/mol. The topological polar surface area (TPSA) is 106 Å². The fourth-order valence-corrected chi connectivity index (χ4v) is 4.47. The van der Waals surface area contributed by atoms with Crippen molar-refractivity contribution in [3.63, 3.8) is 0 Å². The Morgan fingerprint density at radius 2 is 1.70 bits per heavy atom. The Bertz CT molecular complexity index is 1280. The van der Waals surface area contributed by atoms with E-state index in [-0.39, 0.29) is 23.4 Å². The molecule has 0 saturated carbocycles. The number of carbonyl (C=O) groups excluding carboxylic acids is 1. The summed E-state index contributed by atoms with van der Waals surface area (Å²) in [7, 11) is 0. The van der Waals surface area contributed by atoms with Gasteiger partial charge in [0.15, 0.2) is 11.4 Å². The minimum atomic E-state index is -0.0667. The largest absolute Gasteiger partial charge is 0.477 e. The zero-order valence-corrected chi connectivity index (χ0v) is 24.2. The molecule has 0 saturated heterocycles. The first-order valence-corrected chi connectivity index (χ1v) is 13.4. The zero-order valence-electron chi connectivity index (χ0n) is 24.2. The van der Waals surface area contributed by atoms with Crippen LogP contribution in [0.4, 0.5) is 0 Å². The minimum absolute atomic E-state index is 0.0111. The molecule has 37 heavy (non-hydrogen) atoms. The van der Waals surface area contributed by atoms with E-state index in [9.17, 15) is 4.79 Å². The molecule has 0 fully saturated rings. The number of fused-ring (bicyclic) bond motifs is 1. The predicted molar refractivity (Wildman–Crippen MR) is 148 cm³/mol. The van der Waals surface area contributed by atoms with Gasteiger partial charge in [0.25, 0.3) is 0 Å². The molecule has 8 nitrogen and oxygen atoms in total. The van der Waals surface area contributed by atoms with Crippen molar-refractivity contribution in [3.05, 3.63) is 51.1 Å². The molecule has 0 aliphatic rings. The van der Waals surface area contributed by atoms with E-state index in [1.54, 1.807) is 0 Å². The van der Waals surface area contributed by atoms with Crippen LogP contribution in [0.1, 0.15) is 99.5 Å². The molecule has 8 heteroatoms. The van der Waals surface area contributed by atoms with Crippen LogP contribution in [0.5, 0.6) is 5.88 Å². The van der Waals surface area contributed by atoms with E-state index in [2.05, 4.69) is 51.7 Å². The lowest BCUT2D eigenvalue weighted by Crippen LogP contribution is -2.27. The van der Waals surface area contributed by atoms with E-state index in [4.69, 9.17) is 15.3 Å². The van der Waals surface area contributed by atoms with E-state index in [1.165, 1.54) is 20.3 Å². The summed E-state index contributed by atoms with van der Waals surface area (Å²) in [5, 5.41) is 25.7. The van der Waals surface area contributed by atoms with Gasteiger partial charge in [-0.1, -0.05) is 48.0 Å². The summed E-state index contributed by atoms with van der Waals surface area (Å²) in [6.45, 7) is 19.5. The molecule has 0 unspecified atom stereocenters. The number of carbonyl (C=O) groups is 1. The number of hydrogen-bond acceptors (Lipinski definition) is 6. The number of hydrogen-bond donors (Lipinski definition) is 2. The monoisotopic (exact) mass is 511 g/mol. The third kappa shape index (κ3) is 6.86. The smallest absolute Gasteiger partial charge is 0.242 e. The van der Waals surface area contributed by atoms with Crippen molar-refractivity contribution in [3.8, 4) is 5.88 Å². The summed E-state index contributed by atoms with van der Waals surface area (Å²) in [6.07, 6.45) is 3.70. The Morgan fingerprint density at radius 3 is 2.19 bits per heavy atom. The highest BCUT2D eigenvalue weighted by atomic mass is 16.5. The summed E-state index contributed by atoms with van der Waals surface area (Å²) in [5.41, 5.74) is 6.77. The van der Waals surface area contributed by atoms with Crippen LogP contribution in [-0.2, 0) is 24.8 Å².